The van der Waals surface area contributed by atoms with Crippen molar-refractivity contribution in [1.82, 2.24) is 5.32 Å². The highest BCUT2D eigenvalue weighted by atomic mass is 16.5. The molecule has 0 heterocycles. The molecule has 0 bridgehead atoms. The fourth-order valence-electron chi connectivity index (χ4n) is 1.62. The minimum absolute atomic E-state index is 0.00762. The van der Waals surface area contributed by atoms with Gasteiger partial charge in [-0.1, -0.05) is 12.1 Å². The minimum Gasteiger partial charge on any atom is -0.494 e. The van der Waals surface area contributed by atoms with E-state index in [1.54, 1.807) is 0 Å². The number of nitrogens with one attached hydrogen (secondary N) is 1. The molecule has 0 aliphatic rings. The molecule has 0 aliphatic carbocycles. The van der Waals surface area contributed by atoms with Crippen molar-refractivity contribution in [3.05, 3.63) is 29.8 Å². The van der Waals surface area contributed by atoms with E-state index < -0.39 is 5.97 Å². The van der Waals surface area contributed by atoms with E-state index in [0.717, 1.165) is 17.7 Å². The largest absolute Gasteiger partial charge is 0.494 e. The van der Waals surface area contributed by atoms with Crippen LogP contribution in [0.4, 0.5) is 0 Å². The molecule has 0 spiro atoms. The molecule has 4 nitrogen and oxygen atoms in total. The van der Waals surface area contributed by atoms with Gasteiger partial charge >= 0.3 is 5.97 Å². The fourth-order valence-corrected chi connectivity index (χ4v) is 1.62. The Morgan fingerprint density at radius 3 is 2.94 bits per heavy atom. The van der Waals surface area contributed by atoms with E-state index >= 15 is 0 Å². The third-order valence-electron chi connectivity index (χ3n) is 2.35. The molecular weight excluding hydrogens is 218 g/mol. The molecule has 0 amide bonds. The maximum atomic E-state index is 10.4. The summed E-state index contributed by atoms with van der Waals surface area (Å²) in [5.74, 6) is 0.0235. The normalized spacial score (nSPS) is 12.1. The standard InChI is InChI=1S/C13H19NO3/c1-3-17-12-6-4-5-11(8-12)7-10(2)14-9-13(15)16/h4-6,8,10,14H,3,7,9H2,1-2H3,(H,15,16). The van der Waals surface area contributed by atoms with Crippen LogP contribution in [0.3, 0.4) is 0 Å². The molecule has 0 radical (unpaired) electrons. The Hall–Kier alpha value is -1.55. The maximum absolute atomic E-state index is 10.4. The summed E-state index contributed by atoms with van der Waals surface area (Å²) in [6.07, 6.45) is 0.786. The molecule has 1 unspecified atom stereocenters. The zero-order chi connectivity index (χ0) is 12.7. The zero-order valence-corrected chi connectivity index (χ0v) is 10.3. The number of carbonyl (C=O) groups is 1. The molecule has 0 fully saturated rings. The molecule has 0 saturated carbocycles. The average molecular weight is 237 g/mol. The van der Waals surface area contributed by atoms with Crippen molar-refractivity contribution < 1.29 is 14.6 Å². The molecule has 4 heteroatoms. The lowest BCUT2D eigenvalue weighted by atomic mass is 10.1. The number of hydrogen-bond acceptors (Lipinski definition) is 3. The van der Waals surface area contributed by atoms with E-state index in [9.17, 15) is 4.79 Å². The van der Waals surface area contributed by atoms with Crippen LogP contribution >= 0.6 is 0 Å². The summed E-state index contributed by atoms with van der Waals surface area (Å²) in [6.45, 7) is 4.56. The SMILES string of the molecule is CCOc1cccc(CC(C)NCC(=O)O)c1. The van der Waals surface area contributed by atoms with Crippen molar-refractivity contribution in [3.8, 4) is 5.75 Å². The molecule has 1 rings (SSSR count). The highest BCUT2D eigenvalue weighted by Gasteiger charge is 2.05. The Bertz CT molecular complexity index is 365. The summed E-state index contributed by atoms with van der Waals surface area (Å²) >= 11 is 0. The van der Waals surface area contributed by atoms with Crippen LogP contribution < -0.4 is 10.1 Å². The molecule has 1 aromatic rings. The molecule has 0 aromatic heterocycles. The Morgan fingerprint density at radius 2 is 2.29 bits per heavy atom. The first kappa shape index (κ1) is 13.5. The van der Waals surface area contributed by atoms with Crippen molar-refractivity contribution in [2.45, 2.75) is 26.3 Å². The predicted molar refractivity (Wildman–Crippen MR) is 66.4 cm³/mol. The molecular formula is C13H19NO3. The molecule has 94 valence electrons. The second-order valence-corrected chi connectivity index (χ2v) is 3.96. The summed E-state index contributed by atoms with van der Waals surface area (Å²) in [5.41, 5.74) is 1.14. The fraction of sp³-hybridized carbons (Fsp3) is 0.462. The van der Waals surface area contributed by atoms with Gasteiger partial charge in [-0.15, -0.1) is 0 Å². The smallest absolute Gasteiger partial charge is 0.317 e. The van der Waals surface area contributed by atoms with Crippen LogP contribution in [0, 0.1) is 0 Å². The van der Waals surface area contributed by atoms with Crippen molar-refractivity contribution in [1.29, 1.82) is 0 Å². The number of aliphatic carboxylic acids is 1. The number of carboxylic acids is 1. The van der Waals surface area contributed by atoms with E-state index in [4.69, 9.17) is 9.84 Å². The third-order valence-corrected chi connectivity index (χ3v) is 2.35. The molecule has 1 atom stereocenters. The van der Waals surface area contributed by atoms with Crippen LogP contribution in [0.25, 0.3) is 0 Å². The Kier molecular flexibility index (Phi) is 5.49. The molecule has 2 N–H and O–H groups in total. The van der Waals surface area contributed by atoms with E-state index in [2.05, 4.69) is 5.32 Å². The van der Waals surface area contributed by atoms with Gasteiger partial charge in [0, 0.05) is 6.04 Å². The first-order chi connectivity index (χ1) is 8.11. The third kappa shape index (κ3) is 5.36. The highest BCUT2D eigenvalue weighted by Crippen LogP contribution is 2.14. The van der Waals surface area contributed by atoms with Gasteiger partial charge in [-0.05, 0) is 38.0 Å². The van der Waals surface area contributed by atoms with Crippen molar-refractivity contribution in [3.63, 3.8) is 0 Å². The average Bonchev–Trinajstić information content (AvgIpc) is 2.27. The number of hydrogen-bond donors (Lipinski definition) is 2. The Labute approximate surface area is 102 Å². The predicted octanol–water partition coefficient (Wildman–Crippen LogP) is 1.69. The molecule has 0 saturated heterocycles. The number of carboxylic acid groups (broad SMARTS) is 1. The van der Waals surface area contributed by atoms with Gasteiger partial charge in [0.15, 0.2) is 0 Å². The van der Waals surface area contributed by atoms with E-state index in [-0.39, 0.29) is 12.6 Å². The second kappa shape index (κ2) is 6.91. The first-order valence-corrected chi connectivity index (χ1v) is 5.78. The number of benzene rings is 1. The topological polar surface area (TPSA) is 58.6 Å². The summed E-state index contributed by atoms with van der Waals surface area (Å²) < 4.78 is 5.41. The molecule has 0 aliphatic heterocycles. The van der Waals surface area contributed by atoms with Crippen molar-refractivity contribution >= 4 is 5.97 Å². The number of rotatable bonds is 7. The van der Waals surface area contributed by atoms with Gasteiger partial charge in [-0.2, -0.15) is 0 Å². The number of ether oxygens (including phenoxy) is 1. The van der Waals surface area contributed by atoms with Crippen LogP contribution in [0.5, 0.6) is 5.75 Å². The van der Waals surface area contributed by atoms with Crippen molar-refractivity contribution in [2.24, 2.45) is 0 Å². The summed E-state index contributed by atoms with van der Waals surface area (Å²) in [6, 6.07) is 8.00. The monoisotopic (exact) mass is 237 g/mol. The van der Waals surface area contributed by atoms with Gasteiger partial charge < -0.3 is 15.2 Å². The van der Waals surface area contributed by atoms with Gasteiger partial charge in [-0.25, -0.2) is 0 Å². The van der Waals surface area contributed by atoms with Crippen LogP contribution in [0.15, 0.2) is 24.3 Å². The van der Waals surface area contributed by atoms with Crippen LogP contribution in [-0.2, 0) is 11.2 Å². The summed E-state index contributed by atoms with van der Waals surface area (Å²) in [5, 5.41) is 11.5. The lowest BCUT2D eigenvalue weighted by molar-refractivity contribution is -0.136. The maximum Gasteiger partial charge on any atom is 0.317 e. The van der Waals surface area contributed by atoms with Crippen molar-refractivity contribution in [2.75, 3.05) is 13.2 Å². The van der Waals surface area contributed by atoms with Crippen LogP contribution in [0.1, 0.15) is 19.4 Å². The summed E-state index contributed by atoms with van der Waals surface area (Å²) in [7, 11) is 0. The summed E-state index contributed by atoms with van der Waals surface area (Å²) in [4.78, 5) is 10.4. The zero-order valence-electron chi connectivity index (χ0n) is 10.3. The van der Waals surface area contributed by atoms with Crippen LogP contribution in [-0.4, -0.2) is 30.3 Å². The second-order valence-electron chi connectivity index (χ2n) is 3.96. The van der Waals surface area contributed by atoms with E-state index in [1.165, 1.54) is 0 Å². The minimum atomic E-state index is -0.833. The van der Waals surface area contributed by atoms with E-state index in [1.807, 2.05) is 38.1 Å². The lowest BCUT2D eigenvalue weighted by Gasteiger charge is -2.13. The lowest BCUT2D eigenvalue weighted by Crippen LogP contribution is -2.32. The van der Waals surface area contributed by atoms with Gasteiger partial charge in [0.25, 0.3) is 0 Å². The van der Waals surface area contributed by atoms with Gasteiger partial charge in [0.2, 0.25) is 0 Å². The van der Waals surface area contributed by atoms with Crippen LogP contribution in [0.2, 0.25) is 0 Å². The molecule has 1 aromatic carbocycles. The van der Waals surface area contributed by atoms with Gasteiger partial charge in [-0.3, -0.25) is 4.79 Å². The van der Waals surface area contributed by atoms with Gasteiger partial charge in [0.05, 0.1) is 13.2 Å². The Morgan fingerprint density at radius 1 is 1.53 bits per heavy atom. The quantitative estimate of drug-likeness (QED) is 0.757. The van der Waals surface area contributed by atoms with Gasteiger partial charge in [0.1, 0.15) is 5.75 Å². The van der Waals surface area contributed by atoms with E-state index in [0.29, 0.717) is 6.61 Å². The molecule has 17 heavy (non-hydrogen) atoms. The first-order valence-electron chi connectivity index (χ1n) is 5.78. The highest BCUT2D eigenvalue weighted by molar-refractivity contribution is 5.69. The Balaban J connectivity index is 2.49.